The average molecular weight is 212 g/mol. The minimum Gasteiger partial charge on any atom is -0.382 e. The zero-order valence-corrected chi connectivity index (χ0v) is 8.14. The van der Waals surface area contributed by atoms with Crippen molar-refractivity contribution in [2.45, 2.75) is 0 Å². The highest BCUT2D eigenvalue weighted by Gasteiger charge is 2.02. The van der Waals surface area contributed by atoms with Crippen molar-refractivity contribution in [2.24, 2.45) is 0 Å². The highest BCUT2D eigenvalue weighted by atomic mass is 35.5. The van der Waals surface area contributed by atoms with E-state index in [1.807, 2.05) is 18.2 Å². The molecule has 0 saturated heterocycles. The van der Waals surface area contributed by atoms with Crippen molar-refractivity contribution in [1.29, 1.82) is 0 Å². The molecule has 0 unspecified atom stereocenters. The van der Waals surface area contributed by atoms with Crippen LogP contribution in [0, 0.1) is 0 Å². The van der Waals surface area contributed by atoms with Gasteiger partial charge in [-0.25, -0.2) is 0 Å². The molecule has 0 atom stereocenters. The number of thiophene rings is 1. The molecule has 0 aliphatic carbocycles. The first-order valence-corrected chi connectivity index (χ1v) is 4.80. The highest BCUT2D eigenvalue weighted by molar-refractivity contribution is 7.19. The van der Waals surface area contributed by atoms with E-state index in [2.05, 4.69) is 10.2 Å². The molecular weight excluding hydrogens is 206 g/mol. The summed E-state index contributed by atoms with van der Waals surface area (Å²) in [6, 6.07) is 7.28. The molecule has 2 aromatic rings. The molecular formula is C8H6ClN3S. The molecule has 0 fully saturated rings. The first-order chi connectivity index (χ1) is 6.25. The van der Waals surface area contributed by atoms with Gasteiger partial charge in [0.15, 0.2) is 0 Å². The lowest BCUT2D eigenvalue weighted by atomic mass is 10.3. The molecule has 0 aliphatic heterocycles. The summed E-state index contributed by atoms with van der Waals surface area (Å²) in [5.41, 5.74) is 6.21. The lowest BCUT2D eigenvalue weighted by Gasteiger charge is -1.94. The molecule has 2 aromatic heterocycles. The van der Waals surface area contributed by atoms with Crippen molar-refractivity contribution >= 4 is 28.8 Å². The number of nitrogens with zero attached hydrogens (tertiary/aromatic N) is 2. The second kappa shape index (κ2) is 3.32. The molecule has 0 radical (unpaired) electrons. The fourth-order valence-electron chi connectivity index (χ4n) is 0.926. The minimum atomic E-state index is 0.423. The Kier molecular flexibility index (Phi) is 2.16. The first kappa shape index (κ1) is 8.47. The molecule has 0 amide bonds. The summed E-state index contributed by atoms with van der Waals surface area (Å²) in [6.45, 7) is 0. The zero-order valence-electron chi connectivity index (χ0n) is 6.57. The average Bonchev–Trinajstić information content (AvgIpc) is 2.53. The summed E-state index contributed by atoms with van der Waals surface area (Å²) in [6.07, 6.45) is 0. The molecule has 13 heavy (non-hydrogen) atoms. The summed E-state index contributed by atoms with van der Waals surface area (Å²) in [7, 11) is 0. The maximum absolute atomic E-state index is 5.79. The largest absolute Gasteiger partial charge is 0.382 e. The molecule has 0 saturated carbocycles. The monoisotopic (exact) mass is 211 g/mol. The Morgan fingerprint density at radius 2 is 2.00 bits per heavy atom. The fourth-order valence-corrected chi connectivity index (χ4v) is 1.93. The van der Waals surface area contributed by atoms with Gasteiger partial charge in [0.1, 0.15) is 11.5 Å². The number of nitrogen functional groups attached to an aromatic ring is 1. The van der Waals surface area contributed by atoms with E-state index in [1.165, 1.54) is 11.3 Å². The summed E-state index contributed by atoms with van der Waals surface area (Å²) in [4.78, 5) is 0.998. The predicted octanol–water partition coefficient (Wildman–Crippen LogP) is 2.44. The van der Waals surface area contributed by atoms with E-state index in [0.717, 1.165) is 14.9 Å². The number of anilines is 1. The van der Waals surface area contributed by atoms with Crippen LogP contribution in [-0.2, 0) is 0 Å². The van der Waals surface area contributed by atoms with Crippen LogP contribution >= 0.6 is 22.9 Å². The SMILES string of the molecule is Nc1ccc(-c2ccc(Cl)s2)nn1. The van der Waals surface area contributed by atoms with E-state index in [0.29, 0.717) is 5.82 Å². The number of hydrogen-bond donors (Lipinski definition) is 1. The number of rotatable bonds is 1. The van der Waals surface area contributed by atoms with E-state index in [4.69, 9.17) is 17.3 Å². The van der Waals surface area contributed by atoms with Crippen molar-refractivity contribution in [3.63, 3.8) is 0 Å². The van der Waals surface area contributed by atoms with Gasteiger partial charge in [0.05, 0.1) is 9.21 Å². The Labute approximate surface area is 84.2 Å². The second-order valence-electron chi connectivity index (χ2n) is 2.45. The third-order valence-corrected chi connectivity index (χ3v) is 2.76. The molecule has 2 rings (SSSR count). The second-order valence-corrected chi connectivity index (χ2v) is 4.16. The number of halogens is 1. The fraction of sp³-hybridized carbons (Fsp3) is 0. The van der Waals surface area contributed by atoms with Crippen molar-refractivity contribution < 1.29 is 0 Å². The molecule has 2 N–H and O–H groups in total. The van der Waals surface area contributed by atoms with Crippen LogP contribution in [0.3, 0.4) is 0 Å². The lowest BCUT2D eigenvalue weighted by Crippen LogP contribution is -1.92. The molecule has 0 spiro atoms. The minimum absolute atomic E-state index is 0.423. The predicted molar refractivity (Wildman–Crippen MR) is 54.8 cm³/mol. The maximum atomic E-state index is 5.79. The van der Waals surface area contributed by atoms with E-state index in [1.54, 1.807) is 6.07 Å². The van der Waals surface area contributed by atoms with Crippen molar-refractivity contribution in [2.75, 3.05) is 5.73 Å². The molecule has 2 heterocycles. The van der Waals surface area contributed by atoms with Crippen LogP contribution in [0.5, 0.6) is 0 Å². The van der Waals surface area contributed by atoms with Crippen LogP contribution in [0.4, 0.5) is 5.82 Å². The van der Waals surface area contributed by atoms with Gasteiger partial charge in [0.2, 0.25) is 0 Å². The summed E-state index contributed by atoms with van der Waals surface area (Å²) >= 11 is 7.26. The first-order valence-electron chi connectivity index (χ1n) is 3.60. The van der Waals surface area contributed by atoms with Gasteiger partial charge in [-0.2, -0.15) is 0 Å². The summed E-state index contributed by atoms with van der Waals surface area (Å²) < 4.78 is 0.744. The van der Waals surface area contributed by atoms with Gasteiger partial charge in [-0.15, -0.1) is 21.5 Å². The molecule has 3 nitrogen and oxygen atoms in total. The lowest BCUT2D eigenvalue weighted by molar-refractivity contribution is 1.05. The van der Waals surface area contributed by atoms with Crippen LogP contribution in [0.1, 0.15) is 0 Å². The quantitative estimate of drug-likeness (QED) is 0.788. The molecule has 5 heteroatoms. The Morgan fingerprint density at radius 1 is 1.15 bits per heavy atom. The summed E-state index contributed by atoms with van der Waals surface area (Å²) in [5, 5.41) is 7.69. The standard InChI is InChI=1S/C8H6ClN3S/c9-7-3-2-6(13-7)5-1-4-8(10)12-11-5/h1-4H,(H2,10,12). The maximum Gasteiger partial charge on any atom is 0.146 e. The van der Waals surface area contributed by atoms with E-state index in [9.17, 15) is 0 Å². The Morgan fingerprint density at radius 3 is 2.54 bits per heavy atom. The zero-order chi connectivity index (χ0) is 9.26. The van der Waals surface area contributed by atoms with Gasteiger partial charge in [-0.3, -0.25) is 0 Å². The molecule has 0 aliphatic rings. The van der Waals surface area contributed by atoms with Crippen molar-refractivity contribution in [1.82, 2.24) is 10.2 Å². The highest BCUT2D eigenvalue weighted by Crippen LogP contribution is 2.29. The smallest absolute Gasteiger partial charge is 0.146 e. The van der Waals surface area contributed by atoms with Gasteiger partial charge in [0, 0.05) is 0 Å². The Bertz CT molecular complexity index is 410. The van der Waals surface area contributed by atoms with Gasteiger partial charge in [0.25, 0.3) is 0 Å². The van der Waals surface area contributed by atoms with E-state index < -0.39 is 0 Å². The third-order valence-electron chi connectivity index (χ3n) is 1.51. The van der Waals surface area contributed by atoms with E-state index >= 15 is 0 Å². The third kappa shape index (κ3) is 1.79. The molecule has 66 valence electrons. The van der Waals surface area contributed by atoms with Crippen molar-refractivity contribution in [3.8, 4) is 10.6 Å². The Hall–Kier alpha value is -1.13. The van der Waals surface area contributed by atoms with Gasteiger partial charge < -0.3 is 5.73 Å². The topological polar surface area (TPSA) is 51.8 Å². The van der Waals surface area contributed by atoms with Crippen LogP contribution in [0.25, 0.3) is 10.6 Å². The van der Waals surface area contributed by atoms with Crippen LogP contribution in [-0.4, -0.2) is 10.2 Å². The van der Waals surface area contributed by atoms with Crippen LogP contribution in [0.2, 0.25) is 4.34 Å². The van der Waals surface area contributed by atoms with Crippen molar-refractivity contribution in [3.05, 3.63) is 28.6 Å². The number of aromatic nitrogens is 2. The normalized spacial score (nSPS) is 10.2. The van der Waals surface area contributed by atoms with Gasteiger partial charge in [-0.05, 0) is 24.3 Å². The van der Waals surface area contributed by atoms with Crippen LogP contribution < -0.4 is 5.73 Å². The van der Waals surface area contributed by atoms with E-state index in [-0.39, 0.29) is 0 Å². The number of nitrogens with two attached hydrogens (primary N) is 1. The van der Waals surface area contributed by atoms with Gasteiger partial charge >= 0.3 is 0 Å². The molecule has 0 aromatic carbocycles. The molecule has 0 bridgehead atoms. The summed E-state index contributed by atoms with van der Waals surface area (Å²) in [5.74, 6) is 0.423. The van der Waals surface area contributed by atoms with Crippen LogP contribution in [0.15, 0.2) is 24.3 Å². The van der Waals surface area contributed by atoms with Gasteiger partial charge in [-0.1, -0.05) is 11.6 Å². The Balaban J connectivity index is 2.41. The number of hydrogen-bond acceptors (Lipinski definition) is 4.